The molecule has 3 heterocycles. The monoisotopic (exact) mass is 286 g/mol. The van der Waals surface area contributed by atoms with E-state index in [4.69, 9.17) is 14.9 Å². The van der Waals surface area contributed by atoms with Crippen LogP contribution in [0.4, 0.5) is 0 Å². The number of fused-ring (bicyclic) bond motifs is 3. The molecule has 0 spiro atoms. The quantitative estimate of drug-likeness (QED) is 0.856. The van der Waals surface area contributed by atoms with Crippen molar-refractivity contribution in [2.75, 3.05) is 0 Å². The molecule has 3 fully saturated rings. The first-order valence-corrected chi connectivity index (χ1v) is 7.08. The maximum atomic E-state index is 9.75. The van der Waals surface area contributed by atoms with Crippen molar-refractivity contribution in [3.63, 3.8) is 0 Å². The highest BCUT2D eigenvalue weighted by atomic mass is 16.7. The maximum Gasteiger partial charge on any atom is 0.214 e. The first kappa shape index (κ1) is 15.3. The van der Waals surface area contributed by atoms with Crippen molar-refractivity contribution < 1.29 is 9.47 Å². The summed E-state index contributed by atoms with van der Waals surface area (Å²) in [5, 5.41) is 37.2. The second-order valence-corrected chi connectivity index (χ2v) is 5.87. The van der Waals surface area contributed by atoms with Gasteiger partial charge in [0.15, 0.2) is 10.8 Å². The fourth-order valence-electron chi connectivity index (χ4n) is 3.45. The molecule has 3 saturated heterocycles. The number of unbranched alkanes of at least 4 members (excludes halogenated alkanes) is 1. The van der Waals surface area contributed by atoms with E-state index >= 15 is 0 Å². The van der Waals surface area contributed by atoms with E-state index in [2.05, 4.69) is 0 Å². The van der Waals surface area contributed by atoms with Gasteiger partial charge in [-0.1, -0.05) is 26.7 Å². The molecule has 0 aromatic rings. The Balaban J connectivity index is 2.68. The lowest BCUT2D eigenvalue weighted by atomic mass is 9.51. The van der Waals surface area contributed by atoms with Crippen molar-refractivity contribution in [2.24, 2.45) is 16.7 Å². The Kier molecular flexibility index (Phi) is 3.44. The van der Waals surface area contributed by atoms with Crippen molar-refractivity contribution in [3.8, 4) is 18.2 Å². The van der Waals surface area contributed by atoms with Crippen LogP contribution in [0.2, 0.25) is 0 Å². The Labute approximate surface area is 124 Å². The number of nitriles is 3. The molecular weight excluding hydrogens is 268 g/mol. The summed E-state index contributed by atoms with van der Waals surface area (Å²) in [6.45, 7) is 5.31. The number of hydrogen-bond donors (Lipinski definition) is 1. The number of rotatable bonds is 3. The molecule has 21 heavy (non-hydrogen) atoms. The Hall–Kier alpha value is -2.10. The van der Waals surface area contributed by atoms with Gasteiger partial charge in [0.1, 0.15) is 0 Å². The molecule has 3 aliphatic rings. The van der Waals surface area contributed by atoms with E-state index in [-0.39, 0.29) is 5.90 Å². The standard InChI is InChI=1S/C15H18N4O2/c1-4-5-6-11-15(9-18)12(19)21-13(3,20-11)10(2)14(15,7-16)8-17/h10-11,19H,4-6H2,1-3H3. The lowest BCUT2D eigenvalue weighted by Crippen LogP contribution is -2.73. The van der Waals surface area contributed by atoms with E-state index in [1.165, 1.54) is 0 Å². The minimum Gasteiger partial charge on any atom is -0.448 e. The van der Waals surface area contributed by atoms with Crippen molar-refractivity contribution in [1.29, 1.82) is 21.2 Å². The third-order valence-corrected chi connectivity index (χ3v) is 4.93. The van der Waals surface area contributed by atoms with Crippen LogP contribution < -0.4 is 0 Å². The average molecular weight is 286 g/mol. The van der Waals surface area contributed by atoms with E-state index in [1.54, 1.807) is 13.8 Å². The molecule has 6 heteroatoms. The summed E-state index contributed by atoms with van der Waals surface area (Å²) in [5.74, 6) is -2.17. The molecule has 0 amide bonds. The SMILES string of the molecule is CCCCC1OC2(C)OC(=N)C1(C#N)C(C#N)(C#N)C2C. The van der Waals surface area contributed by atoms with Crippen LogP contribution in [0.15, 0.2) is 0 Å². The first-order valence-electron chi connectivity index (χ1n) is 7.08. The van der Waals surface area contributed by atoms with Crippen LogP contribution in [0, 0.1) is 56.2 Å². The molecule has 3 aliphatic heterocycles. The fourth-order valence-corrected chi connectivity index (χ4v) is 3.45. The Bertz CT molecular complexity index is 582. The molecule has 0 aromatic carbocycles. The smallest absolute Gasteiger partial charge is 0.214 e. The van der Waals surface area contributed by atoms with Gasteiger partial charge in [0.2, 0.25) is 11.7 Å². The second-order valence-electron chi connectivity index (χ2n) is 5.87. The lowest BCUT2D eigenvalue weighted by molar-refractivity contribution is -0.336. The second kappa shape index (κ2) is 4.72. The molecule has 0 radical (unpaired) electrons. The van der Waals surface area contributed by atoms with Crippen LogP contribution in [0.5, 0.6) is 0 Å². The van der Waals surface area contributed by atoms with Crippen molar-refractivity contribution in [1.82, 2.24) is 0 Å². The van der Waals surface area contributed by atoms with E-state index in [0.717, 1.165) is 12.8 Å². The zero-order valence-corrected chi connectivity index (χ0v) is 12.4. The molecule has 6 nitrogen and oxygen atoms in total. The summed E-state index contributed by atoms with van der Waals surface area (Å²) in [4.78, 5) is 0. The number of ether oxygens (including phenoxy) is 2. The van der Waals surface area contributed by atoms with E-state index < -0.39 is 28.6 Å². The predicted molar refractivity (Wildman–Crippen MR) is 72.5 cm³/mol. The van der Waals surface area contributed by atoms with Crippen molar-refractivity contribution in [2.45, 2.75) is 51.9 Å². The van der Waals surface area contributed by atoms with E-state index in [1.807, 2.05) is 25.1 Å². The first-order chi connectivity index (χ1) is 9.88. The minimum absolute atomic E-state index is 0.318. The van der Waals surface area contributed by atoms with Gasteiger partial charge >= 0.3 is 0 Å². The summed E-state index contributed by atoms with van der Waals surface area (Å²) in [5.41, 5.74) is -3.30. The normalized spacial score (nSPS) is 39.7. The van der Waals surface area contributed by atoms with Gasteiger partial charge in [-0.2, -0.15) is 15.8 Å². The molecule has 0 saturated carbocycles. The summed E-state index contributed by atoms with van der Waals surface area (Å²) < 4.78 is 11.4. The van der Waals surface area contributed by atoms with E-state index in [0.29, 0.717) is 6.42 Å². The highest BCUT2D eigenvalue weighted by molar-refractivity contribution is 5.88. The number of hydrogen-bond acceptors (Lipinski definition) is 6. The maximum absolute atomic E-state index is 9.75. The van der Waals surface area contributed by atoms with Crippen LogP contribution in [-0.2, 0) is 9.47 Å². The van der Waals surface area contributed by atoms with Gasteiger partial charge < -0.3 is 9.47 Å². The largest absolute Gasteiger partial charge is 0.448 e. The fraction of sp³-hybridized carbons (Fsp3) is 0.733. The van der Waals surface area contributed by atoms with Crippen LogP contribution in [0.25, 0.3) is 0 Å². The molecule has 4 unspecified atom stereocenters. The van der Waals surface area contributed by atoms with Gasteiger partial charge in [0, 0.05) is 6.92 Å². The highest BCUT2D eigenvalue weighted by Crippen LogP contribution is 2.62. The predicted octanol–water partition coefficient (Wildman–Crippen LogP) is 2.48. The van der Waals surface area contributed by atoms with Gasteiger partial charge in [-0.15, -0.1) is 0 Å². The Morgan fingerprint density at radius 2 is 1.86 bits per heavy atom. The average Bonchev–Trinajstić information content (AvgIpc) is 2.47. The zero-order valence-electron chi connectivity index (χ0n) is 12.4. The van der Waals surface area contributed by atoms with Crippen LogP contribution in [0.1, 0.15) is 40.0 Å². The molecule has 4 atom stereocenters. The Morgan fingerprint density at radius 3 is 2.33 bits per heavy atom. The third-order valence-electron chi connectivity index (χ3n) is 4.93. The molecular formula is C15H18N4O2. The molecule has 0 aliphatic carbocycles. The van der Waals surface area contributed by atoms with Gasteiger partial charge in [-0.3, -0.25) is 5.41 Å². The van der Waals surface area contributed by atoms with Crippen LogP contribution in [0.3, 0.4) is 0 Å². The summed E-state index contributed by atoms with van der Waals surface area (Å²) >= 11 is 0. The minimum atomic E-state index is -1.66. The lowest BCUT2D eigenvalue weighted by Gasteiger charge is -2.60. The number of nitrogens with zero attached hydrogens (tertiary/aromatic N) is 3. The third kappa shape index (κ3) is 1.56. The van der Waals surface area contributed by atoms with Gasteiger partial charge in [0.05, 0.1) is 30.2 Å². The van der Waals surface area contributed by atoms with Crippen molar-refractivity contribution in [3.05, 3.63) is 0 Å². The van der Waals surface area contributed by atoms with Gasteiger partial charge in [-0.05, 0) is 6.42 Å². The van der Waals surface area contributed by atoms with Crippen LogP contribution in [-0.4, -0.2) is 17.8 Å². The molecule has 0 aromatic heterocycles. The highest BCUT2D eigenvalue weighted by Gasteiger charge is 2.77. The number of nitrogens with one attached hydrogen (secondary N) is 1. The van der Waals surface area contributed by atoms with Crippen LogP contribution >= 0.6 is 0 Å². The molecule has 2 bridgehead atoms. The van der Waals surface area contributed by atoms with E-state index in [9.17, 15) is 15.8 Å². The summed E-state index contributed by atoms with van der Waals surface area (Å²) in [6, 6.07) is 6.07. The van der Waals surface area contributed by atoms with Gasteiger partial charge in [0.25, 0.3) is 0 Å². The molecule has 110 valence electrons. The molecule has 3 rings (SSSR count). The van der Waals surface area contributed by atoms with Crippen molar-refractivity contribution >= 4 is 5.90 Å². The summed E-state index contributed by atoms with van der Waals surface area (Å²) in [7, 11) is 0. The topological polar surface area (TPSA) is 114 Å². The molecule has 1 N–H and O–H groups in total. The zero-order chi connectivity index (χ0) is 15.9. The summed E-state index contributed by atoms with van der Waals surface area (Å²) in [6.07, 6.45) is 1.53. The Morgan fingerprint density at radius 1 is 1.24 bits per heavy atom. The van der Waals surface area contributed by atoms with Gasteiger partial charge in [-0.25, -0.2) is 0 Å².